The van der Waals surface area contributed by atoms with Crippen molar-refractivity contribution in [1.82, 2.24) is 4.90 Å². The van der Waals surface area contributed by atoms with Crippen molar-refractivity contribution in [3.05, 3.63) is 70.0 Å². The van der Waals surface area contributed by atoms with Crippen LogP contribution >= 0.6 is 32.9 Å². The average Bonchev–Trinajstić information content (AvgIpc) is 2.99. The monoisotopic (exact) mass is 778 g/mol. The first-order valence-electron chi connectivity index (χ1n) is 14.4. The Balaban J connectivity index is 0.00000500. The number of carbonyl (C=O) groups excluding carboxylic acids is 4. The van der Waals surface area contributed by atoms with Crippen molar-refractivity contribution in [2.75, 3.05) is 38.4 Å². The van der Waals surface area contributed by atoms with Crippen molar-refractivity contribution in [1.29, 1.82) is 0 Å². The molecule has 0 aromatic heterocycles. The van der Waals surface area contributed by atoms with Crippen LogP contribution in [-0.4, -0.2) is 99.8 Å². The van der Waals surface area contributed by atoms with Gasteiger partial charge < -0.3 is 41.5 Å². The molecule has 0 saturated heterocycles. The van der Waals surface area contributed by atoms with Crippen LogP contribution in [0.5, 0.6) is 5.75 Å². The number of nitrogens with zero attached hydrogens (tertiary/aromatic N) is 2. The van der Waals surface area contributed by atoms with E-state index in [0.717, 1.165) is 5.69 Å². The SMILES string of the molecule is Br.CC1c2ccc(NC(=O)C(Br)c3ccc(N(C)C)cc3)c(O)c2C(O)=C2C(=O)[C@]3(O)C(O)=C(C(N)=O)C(=O)[C@@H](N(C)C)C3C(O)C21. The van der Waals surface area contributed by atoms with Crippen molar-refractivity contribution in [3.8, 4) is 5.75 Å². The predicted molar refractivity (Wildman–Crippen MR) is 182 cm³/mol. The molecule has 0 spiro atoms. The molecule has 5 rings (SSSR count). The number of phenolic OH excluding ortho intramolecular Hbond substituents is 1. The molecule has 0 heterocycles. The van der Waals surface area contributed by atoms with Crippen molar-refractivity contribution in [2.24, 2.45) is 17.6 Å². The fourth-order valence-electron chi connectivity index (χ4n) is 7.01. The number of amides is 2. The summed E-state index contributed by atoms with van der Waals surface area (Å²) in [4.78, 5) is 55.2. The number of likely N-dealkylation sites (N-methyl/N-ethyl adjacent to an activating group) is 1. The molecule has 2 aromatic rings. The molecule has 1 fully saturated rings. The molecule has 252 valence electrons. The molecule has 2 amide bonds. The van der Waals surface area contributed by atoms with E-state index in [1.807, 2.05) is 31.1 Å². The smallest absolute Gasteiger partial charge is 0.255 e. The van der Waals surface area contributed by atoms with Gasteiger partial charge in [0.1, 0.15) is 27.7 Å². The Morgan fingerprint density at radius 3 is 2.15 bits per heavy atom. The number of Topliss-reactive ketones (excluding diaryl/α,β-unsaturated/α-hetero) is 2. The van der Waals surface area contributed by atoms with Crippen molar-refractivity contribution in [3.63, 3.8) is 0 Å². The van der Waals surface area contributed by atoms with E-state index in [9.17, 15) is 44.7 Å². The van der Waals surface area contributed by atoms with Crippen LogP contribution in [0, 0.1) is 11.8 Å². The first-order valence-corrected chi connectivity index (χ1v) is 15.3. The van der Waals surface area contributed by atoms with Crippen molar-refractivity contribution in [2.45, 2.75) is 35.4 Å². The van der Waals surface area contributed by atoms with Gasteiger partial charge in [0.25, 0.3) is 5.91 Å². The number of aliphatic hydroxyl groups excluding tert-OH is 3. The number of halogens is 2. The van der Waals surface area contributed by atoms with Crippen LogP contribution in [0.2, 0.25) is 0 Å². The Labute approximate surface area is 289 Å². The Kier molecular flexibility index (Phi) is 9.74. The van der Waals surface area contributed by atoms with Gasteiger partial charge in [0.2, 0.25) is 11.7 Å². The van der Waals surface area contributed by atoms with Gasteiger partial charge in [-0.3, -0.25) is 24.1 Å². The second-order valence-corrected chi connectivity index (χ2v) is 13.2. The Hall–Kier alpha value is -3.76. The van der Waals surface area contributed by atoms with Gasteiger partial charge >= 0.3 is 0 Å². The summed E-state index contributed by atoms with van der Waals surface area (Å²) < 4.78 is 0. The fourth-order valence-corrected chi connectivity index (χ4v) is 7.43. The maximum atomic E-state index is 14.2. The van der Waals surface area contributed by atoms with Gasteiger partial charge in [-0.2, -0.15) is 0 Å². The number of phenols is 1. The number of hydrogen-bond donors (Lipinski definition) is 7. The molecular weight excluding hydrogens is 744 g/mol. The minimum atomic E-state index is -3.02. The van der Waals surface area contributed by atoms with E-state index in [2.05, 4.69) is 21.2 Å². The summed E-state index contributed by atoms with van der Waals surface area (Å²) in [5.74, 6) is -10.5. The minimum Gasteiger partial charge on any atom is -0.508 e. The summed E-state index contributed by atoms with van der Waals surface area (Å²) in [5.41, 5.74) is 2.38. The van der Waals surface area contributed by atoms with Crippen LogP contribution in [0.15, 0.2) is 53.3 Å². The van der Waals surface area contributed by atoms with E-state index in [0.29, 0.717) is 11.1 Å². The molecule has 0 bridgehead atoms. The lowest BCUT2D eigenvalue weighted by atomic mass is 9.54. The van der Waals surface area contributed by atoms with E-state index < -0.39 is 92.1 Å². The van der Waals surface area contributed by atoms with Crippen LogP contribution in [0.25, 0.3) is 5.76 Å². The number of aliphatic hydroxyl groups is 4. The number of nitrogens with two attached hydrogens (primary N) is 1. The number of primary amides is 1. The molecule has 13 nitrogen and oxygen atoms in total. The first kappa shape index (κ1) is 36.1. The van der Waals surface area contributed by atoms with Crippen LogP contribution < -0.4 is 16.0 Å². The molecule has 5 unspecified atom stereocenters. The van der Waals surface area contributed by atoms with E-state index in [1.165, 1.54) is 31.1 Å². The molecule has 1 saturated carbocycles. The predicted octanol–water partition coefficient (Wildman–Crippen LogP) is 2.21. The zero-order chi connectivity index (χ0) is 34.2. The van der Waals surface area contributed by atoms with Crippen LogP contribution in [0.3, 0.4) is 0 Å². The van der Waals surface area contributed by atoms with E-state index >= 15 is 0 Å². The fraction of sp³-hybridized carbons (Fsp3) is 0.375. The highest BCUT2D eigenvalue weighted by Crippen LogP contribution is 2.56. The second kappa shape index (κ2) is 12.7. The van der Waals surface area contributed by atoms with Gasteiger partial charge in [0.05, 0.1) is 29.3 Å². The van der Waals surface area contributed by atoms with Gasteiger partial charge in [-0.05, 0) is 49.3 Å². The molecule has 2 aromatic carbocycles. The van der Waals surface area contributed by atoms with Crippen LogP contribution in [-0.2, 0) is 19.2 Å². The highest BCUT2D eigenvalue weighted by molar-refractivity contribution is 9.09. The summed E-state index contributed by atoms with van der Waals surface area (Å²) in [7, 11) is 6.64. The largest absolute Gasteiger partial charge is 0.508 e. The molecule has 3 aliphatic carbocycles. The average molecular weight is 780 g/mol. The lowest BCUT2D eigenvalue weighted by Crippen LogP contribution is -2.70. The Bertz CT molecular complexity index is 1740. The van der Waals surface area contributed by atoms with Crippen LogP contribution in [0.1, 0.15) is 34.4 Å². The van der Waals surface area contributed by atoms with Crippen LogP contribution in [0.4, 0.5) is 11.4 Å². The van der Waals surface area contributed by atoms with Gasteiger partial charge in [-0.1, -0.05) is 41.1 Å². The molecule has 7 atom stereocenters. The van der Waals surface area contributed by atoms with E-state index in [4.69, 9.17) is 5.73 Å². The maximum absolute atomic E-state index is 14.2. The number of alkyl halides is 1. The van der Waals surface area contributed by atoms with Crippen molar-refractivity contribution >= 4 is 73.4 Å². The number of nitrogens with one attached hydrogen (secondary N) is 1. The maximum Gasteiger partial charge on any atom is 0.255 e. The quantitative estimate of drug-likeness (QED) is 0.128. The van der Waals surface area contributed by atoms with Gasteiger partial charge in [0, 0.05) is 31.3 Å². The van der Waals surface area contributed by atoms with Gasteiger partial charge in [-0.25, -0.2) is 0 Å². The standard InChI is InChI=1S/C32H35BrN4O9.BrH/c1-12-15-10-11-16(35-31(45)22(33)13-6-8-14(9-7-13)36(2)3)24(38)18(15)25(39)19-17(12)26(40)21-23(37(4)5)27(41)20(30(34)44)29(43)32(21,46)28(19)42;/h6-12,17,21-23,26,38-40,43,46H,1-5H3,(H2,34,44)(H,35,45);1H/t12?,17?,21?,22?,23-,26?,32-;/m0./s1. The van der Waals surface area contributed by atoms with Gasteiger partial charge in [0.15, 0.2) is 11.4 Å². The molecule has 8 N–H and O–H groups in total. The number of anilines is 2. The lowest BCUT2D eigenvalue weighted by molar-refractivity contribution is -0.169. The third-order valence-electron chi connectivity index (χ3n) is 9.32. The molecular formula is C32H36Br2N4O9. The molecule has 47 heavy (non-hydrogen) atoms. The Morgan fingerprint density at radius 1 is 1.02 bits per heavy atom. The molecule has 3 aliphatic rings. The third-order valence-corrected chi connectivity index (χ3v) is 10.3. The number of ketones is 2. The summed E-state index contributed by atoms with van der Waals surface area (Å²) in [6.45, 7) is 1.63. The topological polar surface area (TPSA) is 214 Å². The molecule has 0 aliphatic heterocycles. The molecule has 15 heteroatoms. The number of rotatable bonds is 6. The lowest BCUT2D eigenvalue weighted by Gasteiger charge is -2.53. The Morgan fingerprint density at radius 2 is 1.62 bits per heavy atom. The normalized spacial score (nSPS) is 27.4. The van der Waals surface area contributed by atoms with E-state index in [1.54, 1.807) is 19.1 Å². The highest BCUT2D eigenvalue weighted by Gasteiger charge is 2.68. The summed E-state index contributed by atoms with van der Waals surface area (Å²) in [6.07, 6.45) is -1.70. The second-order valence-electron chi connectivity index (χ2n) is 12.3. The number of carbonyl (C=O) groups is 4. The van der Waals surface area contributed by atoms with E-state index in [-0.39, 0.29) is 28.2 Å². The highest BCUT2D eigenvalue weighted by atomic mass is 79.9. The number of hydrogen-bond acceptors (Lipinski definition) is 11. The zero-order valence-corrected chi connectivity index (χ0v) is 29.4. The van der Waals surface area contributed by atoms with Gasteiger partial charge in [-0.15, -0.1) is 17.0 Å². The zero-order valence-electron chi connectivity index (χ0n) is 26.1. The third kappa shape index (κ3) is 5.33. The number of fused-ring (bicyclic) bond motifs is 3. The summed E-state index contributed by atoms with van der Waals surface area (Å²) in [6, 6.07) is 8.71. The summed E-state index contributed by atoms with van der Waals surface area (Å²) in [5, 5.41) is 60.1. The first-order chi connectivity index (χ1) is 21.5. The number of benzene rings is 2. The minimum absolute atomic E-state index is 0. The summed E-state index contributed by atoms with van der Waals surface area (Å²) >= 11 is 3.37. The molecule has 0 radical (unpaired) electrons. The number of aromatic hydroxyl groups is 1. The van der Waals surface area contributed by atoms with Crippen molar-refractivity contribution < 1.29 is 44.7 Å².